The van der Waals surface area contributed by atoms with Gasteiger partial charge in [-0.1, -0.05) is 11.6 Å². The number of halogens is 1. The summed E-state index contributed by atoms with van der Waals surface area (Å²) in [6, 6.07) is 3.82. The third kappa shape index (κ3) is 3.41. The molecule has 1 saturated heterocycles. The molecule has 0 bridgehead atoms. The molecule has 1 fully saturated rings. The largest absolute Gasteiger partial charge is 0.378 e. The number of benzene rings is 1. The number of thiophene rings is 1. The van der Waals surface area contributed by atoms with Gasteiger partial charge in [-0.25, -0.2) is 9.97 Å². The number of rotatable bonds is 3. The van der Waals surface area contributed by atoms with Crippen molar-refractivity contribution in [3.8, 4) is 0 Å². The Labute approximate surface area is 192 Å². The number of aromatic nitrogens is 4. The molecule has 4 aromatic rings. The first kappa shape index (κ1) is 19.9. The van der Waals surface area contributed by atoms with Crippen molar-refractivity contribution in [2.45, 2.75) is 19.3 Å². The van der Waals surface area contributed by atoms with Gasteiger partial charge in [0.2, 0.25) is 5.91 Å². The Balaban J connectivity index is 1.32. The van der Waals surface area contributed by atoms with Crippen molar-refractivity contribution in [3.63, 3.8) is 0 Å². The first-order chi connectivity index (χ1) is 15.7. The van der Waals surface area contributed by atoms with Crippen molar-refractivity contribution in [1.29, 1.82) is 0 Å². The van der Waals surface area contributed by atoms with Crippen LogP contribution in [0.5, 0.6) is 0 Å². The molecule has 2 aliphatic rings. The zero-order chi connectivity index (χ0) is 21.7. The lowest BCUT2D eigenvalue weighted by atomic mass is 9.86. The maximum atomic E-state index is 13.0. The summed E-state index contributed by atoms with van der Waals surface area (Å²) in [5, 5.41) is 13.0. The van der Waals surface area contributed by atoms with Gasteiger partial charge in [-0.2, -0.15) is 5.10 Å². The zero-order valence-electron chi connectivity index (χ0n) is 17.2. The van der Waals surface area contributed by atoms with E-state index in [-0.39, 0.29) is 11.8 Å². The number of aryl methyl sites for hydroxylation is 1. The Morgan fingerprint density at radius 1 is 1.28 bits per heavy atom. The summed E-state index contributed by atoms with van der Waals surface area (Å²) in [4.78, 5) is 26.2. The molecule has 0 radical (unpaired) electrons. The van der Waals surface area contributed by atoms with E-state index in [1.54, 1.807) is 23.9 Å². The fourth-order valence-corrected chi connectivity index (χ4v) is 6.12. The number of carbonyl (C=O) groups excluding carboxylic acids is 1. The van der Waals surface area contributed by atoms with Crippen molar-refractivity contribution >= 4 is 61.5 Å². The van der Waals surface area contributed by atoms with Crippen molar-refractivity contribution in [1.82, 2.24) is 25.1 Å². The number of anilines is 2. The summed E-state index contributed by atoms with van der Waals surface area (Å²) in [7, 11) is 0. The lowest BCUT2D eigenvalue weighted by Crippen LogP contribution is -2.44. The molecular weight excluding hydrogens is 448 g/mol. The summed E-state index contributed by atoms with van der Waals surface area (Å²) in [5.74, 6) is 1.02. The van der Waals surface area contributed by atoms with Crippen molar-refractivity contribution < 1.29 is 9.53 Å². The molecule has 1 aromatic carbocycles. The number of aromatic amines is 1. The van der Waals surface area contributed by atoms with Gasteiger partial charge in [0.15, 0.2) is 0 Å². The maximum absolute atomic E-state index is 13.0. The Bertz CT molecular complexity index is 1330. The van der Waals surface area contributed by atoms with Gasteiger partial charge in [0, 0.05) is 29.3 Å². The van der Waals surface area contributed by atoms with E-state index in [1.807, 2.05) is 17.0 Å². The molecule has 0 saturated carbocycles. The van der Waals surface area contributed by atoms with Crippen LogP contribution in [-0.4, -0.2) is 57.3 Å². The summed E-state index contributed by atoms with van der Waals surface area (Å²) in [5.41, 5.74) is 2.91. The van der Waals surface area contributed by atoms with Crippen LogP contribution in [0.4, 0.5) is 11.5 Å². The second kappa shape index (κ2) is 7.99. The first-order valence-corrected chi connectivity index (χ1v) is 11.9. The summed E-state index contributed by atoms with van der Waals surface area (Å²) < 4.78 is 5.39. The molecule has 1 aliphatic heterocycles. The van der Waals surface area contributed by atoms with E-state index in [9.17, 15) is 4.79 Å². The molecule has 1 atom stereocenters. The molecule has 10 heteroatoms. The Morgan fingerprint density at radius 3 is 3.03 bits per heavy atom. The molecule has 3 aromatic heterocycles. The molecule has 164 valence electrons. The molecule has 4 heterocycles. The fraction of sp³-hybridized carbons (Fsp3) is 0.364. The Morgan fingerprint density at radius 2 is 2.16 bits per heavy atom. The number of fused-ring (bicyclic) bond motifs is 4. The predicted octanol–water partition coefficient (Wildman–Crippen LogP) is 3.93. The third-order valence-electron chi connectivity index (χ3n) is 6.30. The number of carbonyl (C=O) groups is 1. The topological polar surface area (TPSA) is 96.0 Å². The van der Waals surface area contributed by atoms with Crippen LogP contribution in [0, 0.1) is 5.92 Å². The fourth-order valence-electron chi connectivity index (χ4n) is 4.65. The van der Waals surface area contributed by atoms with Crippen LogP contribution in [0.25, 0.3) is 21.1 Å². The Hall–Kier alpha value is -2.75. The van der Waals surface area contributed by atoms with Gasteiger partial charge in [-0.3, -0.25) is 9.89 Å². The molecule has 1 amide bonds. The van der Waals surface area contributed by atoms with Gasteiger partial charge >= 0.3 is 0 Å². The minimum absolute atomic E-state index is 0.0240. The van der Waals surface area contributed by atoms with E-state index >= 15 is 0 Å². The molecular formula is C22H21ClN6O2S. The van der Waals surface area contributed by atoms with E-state index in [2.05, 4.69) is 25.5 Å². The molecule has 1 aliphatic carbocycles. The monoisotopic (exact) mass is 468 g/mol. The zero-order valence-corrected chi connectivity index (χ0v) is 18.8. The van der Waals surface area contributed by atoms with E-state index in [1.165, 1.54) is 10.4 Å². The minimum Gasteiger partial charge on any atom is -0.378 e. The van der Waals surface area contributed by atoms with Crippen LogP contribution in [0.1, 0.15) is 16.9 Å². The van der Waals surface area contributed by atoms with Crippen molar-refractivity contribution in [2.75, 3.05) is 31.6 Å². The van der Waals surface area contributed by atoms with Gasteiger partial charge in [-0.05, 0) is 37.0 Å². The average molecular weight is 469 g/mol. The highest BCUT2D eigenvalue weighted by molar-refractivity contribution is 7.19. The number of amides is 1. The normalized spacial score (nSPS) is 18.8. The van der Waals surface area contributed by atoms with E-state index in [4.69, 9.17) is 16.3 Å². The Kier molecular flexibility index (Phi) is 4.97. The number of hydrogen-bond donors (Lipinski definition) is 2. The van der Waals surface area contributed by atoms with Crippen LogP contribution < -0.4 is 5.32 Å². The van der Waals surface area contributed by atoms with E-state index in [0.29, 0.717) is 31.3 Å². The summed E-state index contributed by atoms with van der Waals surface area (Å²) in [6.45, 7) is 2.64. The third-order valence-corrected chi connectivity index (χ3v) is 7.77. The highest BCUT2D eigenvalue weighted by atomic mass is 35.5. The lowest BCUT2D eigenvalue weighted by Gasteiger charge is -2.31. The number of nitrogens with zero attached hydrogens (tertiary/aromatic N) is 4. The van der Waals surface area contributed by atoms with Crippen LogP contribution in [0.2, 0.25) is 5.02 Å². The van der Waals surface area contributed by atoms with Crippen LogP contribution in [0.15, 0.2) is 24.7 Å². The second-order valence-electron chi connectivity index (χ2n) is 8.20. The van der Waals surface area contributed by atoms with Gasteiger partial charge in [0.05, 0.1) is 41.0 Å². The smallest absolute Gasteiger partial charge is 0.226 e. The van der Waals surface area contributed by atoms with Crippen LogP contribution in [-0.2, 0) is 22.4 Å². The van der Waals surface area contributed by atoms with E-state index in [0.717, 1.165) is 51.9 Å². The van der Waals surface area contributed by atoms with Crippen LogP contribution in [0.3, 0.4) is 0 Å². The van der Waals surface area contributed by atoms with Gasteiger partial charge in [0.25, 0.3) is 0 Å². The molecule has 0 unspecified atom stereocenters. The van der Waals surface area contributed by atoms with Gasteiger partial charge < -0.3 is 15.0 Å². The quantitative estimate of drug-likeness (QED) is 0.473. The van der Waals surface area contributed by atoms with E-state index < -0.39 is 0 Å². The number of nitrogens with one attached hydrogen (secondary N) is 2. The van der Waals surface area contributed by atoms with Gasteiger partial charge in [-0.15, -0.1) is 11.3 Å². The molecule has 0 spiro atoms. The van der Waals surface area contributed by atoms with Gasteiger partial charge in [0.1, 0.15) is 17.0 Å². The highest BCUT2D eigenvalue weighted by Gasteiger charge is 2.32. The number of morpholine rings is 1. The van der Waals surface area contributed by atoms with Crippen molar-refractivity contribution in [2.24, 2.45) is 5.92 Å². The maximum Gasteiger partial charge on any atom is 0.226 e. The standard InChI is InChI=1S/C22H21ClN6O2S/c23-15-9-16-13(10-26-28-16)7-17(15)27-20-19-14-2-1-12(22(30)29-3-5-31-6-4-29)8-18(14)32-21(19)25-11-24-20/h7,9-12H,1-6,8H2,(H,26,28)(H,24,25,27)/t12-/m0/s1. The molecule has 32 heavy (non-hydrogen) atoms. The second-order valence-corrected chi connectivity index (χ2v) is 9.69. The highest BCUT2D eigenvalue weighted by Crippen LogP contribution is 2.41. The molecule has 8 nitrogen and oxygen atoms in total. The molecule has 2 N–H and O–H groups in total. The average Bonchev–Trinajstić information content (AvgIpc) is 3.43. The number of ether oxygens (including phenoxy) is 1. The van der Waals surface area contributed by atoms with Crippen molar-refractivity contribution in [3.05, 3.63) is 40.1 Å². The number of H-pyrrole nitrogens is 1. The lowest BCUT2D eigenvalue weighted by molar-refractivity contribution is -0.140. The summed E-state index contributed by atoms with van der Waals surface area (Å²) in [6.07, 6.45) is 5.78. The first-order valence-electron chi connectivity index (χ1n) is 10.7. The predicted molar refractivity (Wildman–Crippen MR) is 125 cm³/mol. The van der Waals surface area contributed by atoms with Crippen LogP contribution >= 0.6 is 22.9 Å². The SMILES string of the molecule is O=C([C@H]1CCc2c(sc3ncnc(Nc4cc5cn[nH]c5cc4Cl)c23)C1)N1CCOCC1. The molecule has 6 rings (SSSR count). The number of hydrogen-bond acceptors (Lipinski definition) is 7. The summed E-state index contributed by atoms with van der Waals surface area (Å²) >= 11 is 8.17. The minimum atomic E-state index is 0.0240.